The third-order valence-corrected chi connectivity index (χ3v) is 22.0. The Morgan fingerprint density at radius 2 is 0.881 bits per heavy atom. The summed E-state index contributed by atoms with van der Waals surface area (Å²) in [6.45, 7) is 7.27. The van der Waals surface area contributed by atoms with Gasteiger partial charge in [0.15, 0.2) is 17.5 Å². The number of amides is 1. The van der Waals surface area contributed by atoms with E-state index in [1.54, 1.807) is 131 Å². The summed E-state index contributed by atoms with van der Waals surface area (Å²) < 4.78 is 137. The number of aromatic amines is 1. The lowest BCUT2D eigenvalue weighted by molar-refractivity contribution is -0.113. The van der Waals surface area contributed by atoms with E-state index in [2.05, 4.69) is 61.0 Å². The van der Waals surface area contributed by atoms with Gasteiger partial charge in [-0.1, -0.05) is 40.5 Å². The average molecular weight is 2160 g/mol. The van der Waals surface area contributed by atoms with Gasteiger partial charge >= 0.3 is 5.91 Å². The van der Waals surface area contributed by atoms with E-state index in [1.165, 1.54) is 4.90 Å². The highest BCUT2D eigenvalue weighted by atomic mass is 35.5. The molecule has 0 atom stereocenters. The largest absolute Gasteiger partial charge is 0.489 e. The number of hydrogen-bond acceptors (Lipinski definition) is 28. The Balaban J connectivity index is 0.000000261. The maximum atomic E-state index is 12.5. The van der Waals surface area contributed by atoms with Gasteiger partial charge in [-0.15, -0.1) is 104 Å². The van der Waals surface area contributed by atoms with Gasteiger partial charge in [0, 0.05) is 118 Å². The van der Waals surface area contributed by atoms with Gasteiger partial charge in [-0.25, -0.2) is 44.7 Å². The number of ether oxygens (including phenoxy) is 6. The SMILES string of the molecule is CC(C)(C)n1nnc(-c2ccc(OC/C(=C/F)CN)cc2)n1.CS(=O)(=O)n1nc(C2CC2)nc1-c1ccc(OC/C(=C/F)CN)cc1.Cl.Cl.Cl.Cl.Cl.Cl.NC/C(=C\F)COc1ccc(-c2nc(C3CC3)no2)c(Cl)c1.NC/C(=C\F)COc1ccc(-c2nc3ccc(Cl)cc3[nH]2)cc1.NC/C(=C\F)COc1ccc(-c2nnn(C3CC3)n2)cc1.NC/C(=C\F)COc1ccc(N2C(=O)C(=O)c3ccccc32)cc1. The Kier molecular flexibility index (Phi) is 48.2. The summed E-state index contributed by atoms with van der Waals surface area (Å²) in [6.07, 6.45) is 10.2. The van der Waals surface area contributed by atoms with Crippen LogP contribution in [0.4, 0.5) is 37.7 Å². The van der Waals surface area contributed by atoms with Crippen molar-refractivity contribution in [3.63, 3.8) is 0 Å². The van der Waals surface area contributed by atoms with Gasteiger partial charge in [-0.05, 0) is 240 Å². The van der Waals surface area contributed by atoms with E-state index in [4.69, 9.17) is 90.5 Å². The molecule has 766 valence electrons. The smallest absolute Gasteiger partial charge is 0.304 e. The number of nitrogens with one attached hydrogen (secondary N) is 1. The molecule has 1 amide bonds. The van der Waals surface area contributed by atoms with Gasteiger partial charge in [0.1, 0.15) is 80.0 Å². The van der Waals surface area contributed by atoms with Crippen LogP contribution in [-0.2, 0) is 20.4 Å². The van der Waals surface area contributed by atoms with E-state index < -0.39 is 21.7 Å². The second kappa shape index (κ2) is 57.8. The average Bonchev–Trinajstić information content (AvgIpc) is 1.62. The molecule has 0 unspecified atom stereocenters. The van der Waals surface area contributed by atoms with Crippen molar-refractivity contribution in [1.29, 1.82) is 0 Å². The molecule has 0 saturated heterocycles. The van der Waals surface area contributed by atoms with Crippen molar-refractivity contribution in [2.24, 2.45) is 34.4 Å². The molecule has 4 aliphatic rings. The minimum absolute atomic E-state index is 0. The van der Waals surface area contributed by atoms with Crippen molar-refractivity contribution in [2.45, 2.75) is 82.7 Å². The first kappa shape index (κ1) is 119. The molecule has 0 bridgehead atoms. The fraction of sp³-hybridized carbons (Fsp3) is 0.274. The minimum atomic E-state index is -3.56. The third kappa shape index (κ3) is 34.2. The van der Waals surface area contributed by atoms with Crippen LogP contribution in [0.25, 0.3) is 68.0 Å². The summed E-state index contributed by atoms with van der Waals surface area (Å²) in [5.41, 5.74) is 41.4. The molecule has 0 spiro atoms. The van der Waals surface area contributed by atoms with E-state index >= 15 is 0 Å². The maximum absolute atomic E-state index is 12.5. The van der Waals surface area contributed by atoms with Crippen LogP contribution in [0.3, 0.4) is 0 Å². The summed E-state index contributed by atoms with van der Waals surface area (Å²) in [4.78, 5) is 45.4. The standard InChI is InChI=1S/C18H15FN2O3.C17H15ClFN3O.C16H19FN4O3S.C15H15ClFN3O2.C15H20FN5O.C14H16FN5O.6ClH/c19-9-12(10-20)11-24-14-7-5-13(6-8-14)21-16-4-2-1-3-15(16)17(22)18(21)23;18-13-3-6-15-16(7-13)22-17(21-15)12-1-4-14(5-2-12)23-10-11(8-19)9-20;1-25(22,23)21-16(19-15(20-21)12-2-3-12)13-4-6-14(7-5-13)24-10-11(8-17)9-18;16-13-5-11(21-8-9(6-17)7-18)3-4-12(13)15-19-14(20-22-15)10-1-2-10;1-15(2,3)21-19-14(18-20-21)12-4-6-13(7-5-12)22-10-11(8-16)9-17;15-7-10(8-16)9-21-13-5-1-11(2-6-13)14-17-19-20(18-14)12-3-4-12;;;;;;/h1-9H,10-11,20H2;1-8H,9-10,20H2,(H,21,22);4-8,12H,2-3,9-10,18H2,1H3;3-6,10H,1-2,7-8,18H2;4-8H,9-10,17H2,1-3H3;1-2,5-7,12H,3-4,8-9,16H2;6*1H/b12-9+;2*11-8+;9-6+;11-8+;10-7+;;;;;;. The van der Waals surface area contributed by atoms with Crippen molar-refractivity contribution < 1.29 is 77.3 Å². The Bertz CT molecular complexity index is 6570. The monoisotopic (exact) mass is 2160 g/mol. The van der Waals surface area contributed by atoms with Gasteiger partial charge in [-0.3, -0.25) is 14.5 Å². The Labute approximate surface area is 867 Å². The van der Waals surface area contributed by atoms with Crippen LogP contribution in [0.2, 0.25) is 10.0 Å². The fourth-order valence-corrected chi connectivity index (χ4v) is 13.3. The van der Waals surface area contributed by atoms with E-state index in [9.17, 15) is 44.3 Å². The second-order valence-electron chi connectivity index (χ2n) is 32.2. The van der Waals surface area contributed by atoms with E-state index in [-0.39, 0.29) is 171 Å². The molecular formula is C95H106Cl8F6N22O11S. The Hall–Kier alpha value is -12.4. The Morgan fingerprint density at radius 3 is 1.30 bits per heavy atom. The number of halogens is 14. The number of H-pyrrole nitrogens is 1. The number of ketones is 1. The van der Waals surface area contributed by atoms with Crippen LogP contribution < -0.4 is 67.7 Å². The zero-order chi connectivity index (χ0) is 97.7. The minimum Gasteiger partial charge on any atom is -0.489 e. The van der Waals surface area contributed by atoms with Gasteiger partial charge < -0.3 is 72.3 Å². The molecule has 3 fully saturated rings. The van der Waals surface area contributed by atoms with E-state index in [0.29, 0.717) is 179 Å². The lowest BCUT2D eigenvalue weighted by atomic mass is 10.1. The number of carbonyl (C=O) groups excluding carboxylic acids is 2. The van der Waals surface area contributed by atoms with Crippen molar-refractivity contribution >= 4 is 142 Å². The first-order chi connectivity index (χ1) is 66.2. The summed E-state index contributed by atoms with van der Waals surface area (Å²) in [5, 5.41) is 34.1. The zero-order valence-corrected chi connectivity index (χ0v) is 84.5. The Morgan fingerprint density at radius 1 is 0.469 bits per heavy atom. The normalized spacial score (nSPS) is 13.5. The predicted molar refractivity (Wildman–Crippen MR) is 551 cm³/mol. The van der Waals surface area contributed by atoms with Crippen LogP contribution in [-0.4, -0.2) is 180 Å². The number of imidazole rings is 1. The van der Waals surface area contributed by atoms with Crippen LogP contribution in [0.5, 0.6) is 34.5 Å². The molecule has 13 N–H and O–H groups in total. The third-order valence-electron chi connectivity index (χ3n) is 20.6. The van der Waals surface area contributed by atoms with Gasteiger partial charge in [0.05, 0.1) is 88.7 Å². The molecule has 3 aliphatic carbocycles. The molecule has 17 rings (SSSR count). The number of anilines is 2. The van der Waals surface area contributed by atoms with Crippen LogP contribution in [0.15, 0.2) is 258 Å². The summed E-state index contributed by atoms with van der Waals surface area (Å²) in [7, 11) is -3.56. The molecule has 1 aliphatic heterocycles. The first-order valence-electron chi connectivity index (χ1n) is 42.9. The van der Waals surface area contributed by atoms with E-state index in [0.717, 1.165) is 88.2 Å². The summed E-state index contributed by atoms with van der Waals surface area (Å²) in [5.74, 6) is 6.86. The molecule has 8 aromatic carbocycles. The van der Waals surface area contributed by atoms with Crippen molar-refractivity contribution in [1.82, 2.24) is 74.7 Å². The molecule has 3 saturated carbocycles. The summed E-state index contributed by atoms with van der Waals surface area (Å²) in [6, 6.07) is 53.1. The number of Topliss-reactive ketones (excluding diaryl/α,β-unsaturated/α-hetero) is 1. The zero-order valence-electron chi connectivity index (χ0n) is 77.3. The topological polar surface area (TPSA) is 469 Å². The summed E-state index contributed by atoms with van der Waals surface area (Å²) >= 11 is 12.2. The lowest BCUT2D eigenvalue weighted by Gasteiger charge is -2.17. The quantitative estimate of drug-likeness (QED) is 0.0145. The molecule has 13 aromatic rings. The highest BCUT2D eigenvalue weighted by Crippen LogP contribution is 2.42. The number of nitrogens with zero attached hydrogens (tertiary/aromatic N) is 15. The van der Waals surface area contributed by atoms with Crippen LogP contribution in [0.1, 0.15) is 99.2 Å². The number of carbonyl (C=O) groups is 2. The first-order valence-corrected chi connectivity index (χ1v) is 45.5. The second-order valence-corrected chi connectivity index (χ2v) is 34.8. The molecule has 48 heteroatoms. The number of hydrogen-bond donors (Lipinski definition) is 7. The van der Waals surface area contributed by atoms with Gasteiger partial charge in [0.2, 0.25) is 11.6 Å². The van der Waals surface area contributed by atoms with Crippen LogP contribution in [0, 0.1) is 0 Å². The highest BCUT2D eigenvalue weighted by Gasteiger charge is 2.37. The van der Waals surface area contributed by atoms with Gasteiger partial charge in [0.25, 0.3) is 21.7 Å². The van der Waals surface area contributed by atoms with Crippen molar-refractivity contribution in [3.05, 3.63) is 281 Å². The molecule has 0 radical (unpaired) electrons. The van der Waals surface area contributed by atoms with E-state index in [1.807, 2.05) is 81.4 Å². The maximum Gasteiger partial charge on any atom is 0.304 e. The number of rotatable bonds is 34. The number of benzene rings is 8. The molecule has 5 aromatic heterocycles. The number of fused-ring (bicyclic) bond motifs is 2. The highest BCUT2D eigenvalue weighted by molar-refractivity contribution is 7.89. The molecule has 143 heavy (non-hydrogen) atoms. The number of para-hydroxylation sites is 1. The van der Waals surface area contributed by atoms with Crippen molar-refractivity contribution in [3.8, 4) is 91.5 Å². The number of nitrogens with two attached hydrogens (primary N) is 6. The molecule has 33 nitrogen and oxygen atoms in total. The van der Waals surface area contributed by atoms with Crippen LogP contribution >= 0.6 is 97.6 Å². The molecule has 6 heterocycles. The van der Waals surface area contributed by atoms with Crippen molar-refractivity contribution in [2.75, 3.05) is 90.1 Å². The van der Waals surface area contributed by atoms with Gasteiger partial charge in [-0.2, -0.15) is 14.6 Å². The molecular weight excluding hydrogens is 2050 g/mol. The number of tetrazole rings is 2. The lowest BCUT2D eigenvalue weighted by Crippen LogP contribution is -2.24. The fourth-order valence-electron chi connectivity index (χ4n) is 12.2. The number of aromatic nitrogens is 15. The predicted octanol–water partition coefficient (Wildman–Crippen LogP) is 18.8.